The van der Waals surface area contributed by atoms with E-state index in [-0.39, 0.29) is 26.1 Å². The first-order chi connectivity index (χ1) is 15.3. The van der Waals surface area contributed by atoms with Crippen LogP contribution < -0.4 is 0 Å². The van der Waals surface area contributed by atoms with Crippen LogP contribution in [0.2, 0.25) is 0 Å². The van der Waals surface area contributed by atoms with E-state index in [1.165, 1.54) is 17.0 Å². The monoisotopic (exact) mass is 439 g/mol. The Bertz CT molecular complexity index is 1290. The van der Waals surface area contributed by atoms with Crippen molar-refractivity contribution in [2.45, 2.75) is 32.0 Å². The lowest BCUT2D eigenvalue weighted by atomic mass is 9.97. The summed E-state index contributed by atoms with van der Waals surface area (Å²) >= 11 is 0. The number of carbonyl (C=O) groups is 3. The van der Waals surface area contributed by atoms with Crippen molar-refractivity contribution in [3.05, 3.63) is 70.9 Å². The number of imide groups is 1. The van der Waals surface area contributed by atoms with E-state index in [4.69, 9.17) is 5.11 Å². The van der Waals surface area contributed by atoms with E-state index in [0.29, 0.717) is 12.0 Å². The number of fused-ring (bicyclic) bond motifs is 4. The summed E-state index contributed by atoms with van der Waals surface area (Å²) in [4.78, 5) is 39.1. The average molecular weight is 439 g/mol. The molecule has 2 aliphatic rings. The van der Waals surface area contributed by atoms with Crippen molar-refractivity contribution < 1.29 is 28.3 Å². The fourth-order valence-corrected chi connectivity index (χ4v) is 4.68. The topological polar surface area (TPSA) is 82.8 Å². The number of nitrogens with zero attached hydrogens (tertiary/aromatic N) is 3. The molecule has 1 unspecified atom stereocenters. The Hall–Kier alpha value is -3.75. The number of hydrogen-bond donors (Lipinski definition) is 1. The van der Waals surface area contributed by atoms with Gasteiger partial charge in [0.25, 0.3) is 5.91 Å². The molecule has 0 spiro atoms. The molecule has 1 atom stereocenters. The second kappa shape index (κ2) is 7.44. The highest BCUT2D eigenvalue weighted by Crippen LogP contribution is 2.37. The summed E-state index contributed by atoms with van der Waals surface area (Å²) in [5.41, 5.74) is 2.84. The first-order valence-corrected chi connectivity index (χ1v) is 10.2. The number of aliphatic carboxylic acids is 1. The molecule has 1 aromatic heterocycles. The number of halogens is 2. The molecule has 3 amide bonds. The van der Waals surface area contributed by atoms with Crippen molar-refractivity contribution in [1.29, 1.82) is 0 Å². The molecular weight excluding hydrogens is 420 g/mol. The molecule has 2 aliphatic heterocycles. The largest absolute Gasteiger partial charge is 0.481 e. The average Bonchev–Trinajstić information content (AvgIpc) is 3.19. The van der Waals surface area contributed by atoms with Gasteiger partial charge in [-0.2, -0.15) is 0 Å². The van der Waals surface area contributed by atoms with Crippen LogP contribution in [0.4, 0.5) is 13.6 Å². The maximum Gasteiger partial charge on any atom is 0.327 e. The maximum absolute atomic E-state index is 14.4. The van der Waals surface area contributed by atoms with E-state index in [1.54, 1.807) is 0 Å². The van der Waals surface area contributed by atoms with Crippen molar-refractivity contribution in [2.24, 2.45) is 0 Å². The van der Waals surface area contributed by atoms with E-state index < -0.39 is 35.6 Å². The van der Waals surface area contributed by atoms with Gasteiger partial charge in [0.15, 0.2) is 0 Å². The van der Waals surface area contributed by atoms with Gasteiger partial charge in [0.2, 0.25) is 0 Å². The lowest BCUT2D eigenvalue weighted by Crippen LogP contribution is -2.40. The highest BCUT2D eigenvalue weighted by Gasteiger charge is 2.48. The van der Waals surface area contributed by atoms with E-state index in [9.17, 15) is 23.2 Å². The van der Waals surface area contributed by atoms with Crippen LogP contribution in [0.1, 0.15) is 23.2 Å². The minimum absolute atomic E-state index is 0.144. The lowest BCUT2D eigenvalue weighted by molar-refractivity contribution is -0.137. The van der Waals surface area contributed by atoms with Gasteiger partial charge in [-0.15, -0.1) is 0 Å². The second-order valence-corrected chi connectivity index (χ2v) is 8.03. The van der Waals surface area contributed by atoms with Gasteiger partial charge in [-0.1, -0.05) is 24.3 Å². The van der Waals surface area contributed by atoms with Crippen LogP contribution in [-0.2, 0) is 29.1 Å². The maximum atomic E-state index is 14.4. The third-order valence-electron chi connectivity index (χ3n) is 6.21. The summed E-state index contributed by atoms with van der Waals surface area (Å²) < 4.78 is 29.6. The number of carboxylic acid groups (broad SMARTS) is 1. The zero-order valence-corrected chi connectivity index (χ0v) is 16.9. The van der Waals surface area contributed by atoms with Gasteiger partial charge in [0.05, 0.1) is 19.5 Å². The zero-order chi connectivity index (χ0) is 22.6. The van der Waals surface area contributed by atoms with Crippen molar-refractivity contribution >= 4 is 28.8 Å². The molecule has 9 heteroatoms. The van der Waals surface area contributed by atoms with E-state index in [0.717, 1.165) is 33.1 Å². The second-order valence-electron chi connectivity index (χ2n) is 8.03. The Balaban J connectivity index is 1.55. The number of amides is 3. The van der Waals surface area contributed by atoms with Crippen LogP contribution in [-0.4, -0.2) is 50.0 Å². The summed E-state index contributed by atoms with van der Waals surface area (Å²) in [6.45, 7) is 0.114. The summed E-state index contributed by atoms with van der Waals surface area (Å²) in [6, 6.07) is 9.78. The number of aromatic nitrogens is 1. The third kappa shape index (κ3) is 3.12. The molecule has 1 fully saturated rings. The van der Waals surface area contributed by atoms with Gasteiger partial charge in [-0.25, -0.2) is 13.6 Å². The normalized spacial score (nSPS) is 17.8. The molecule has 0 radical (unpaired) electrons. The van der Waals surface area contributed by atoms with Crippen LogP contribution in [0.25, 0.3) is 10.9 Å². The van der Waals surface area contributed by atoms with Crippen molar-refractivity contribution in [1.82, 2.24) is 14.4 Å². The Morgan fingerprint density at radius 3 is 2.66 bits per heavy atom. The number of carboxylic acids is 1. The predicted molar refractivity (Wildman–Crippen MR) is 110 cm³/mol. The van der Waals surface area contributed by atoms with Crippen LogP contribution >= 0.6 is 0 Å². The Kier molecular flexibility index (Phi) is 4.69. The molecule has 3 heterocycles. The number of benzene rings is 2. The van der Waals surface area contributed by atoms with Gasteiger partial charge in [0.1, 0.15) is 17.7 Å². The molecule has 1 saturated heterocycles. The highest BCUT2D eigenvalue weighted by atomic mass is 19.1. The molecule has 32 heavy (non-hydrogen) atoms. The molecular formula is C23H19F2N3O4. The number of hydrogen-bond acceptors (Lipinski definition) is 3. The van der Waals surface area contributed by atoms with Gasteiger partial charge < -0.3 is 14.6 Å². The molecule has 0 saturated carbocycles. The number of para-hydroxylation sites is 1. The lowest BCUT2D eigenvalue weighted by Gasteiger charge is -2.28. The van der Waals surface area contributed by atoms with Crippen LogP contribution in [0, 0.1) is 11.6 Å². The Morgan fingerprint density at radius 1 is 1.12 bits per heavy atom. The van der Waals surface area contributed by atoms with Crippen molar-refractivity contribution in [3.8, 4) is 0 Å². The molecule has 164 valence electrons. The fraction of sp³-hybridized carbons (Fsp3) is 0.261. The summed E-state index contributed by atoms with van der Waals surface area (Å²) in [5.74, 6) is -2.80. The number of rotatable bonds is 5. The molecule has 7 nitrogen and oxygen atoms in total. The Morgan fingerprint density at radius 2 is 1.91 bits per heavy atom. The standard InChI is InChI=1S/C23H19F2N3O4/c24-14-6-5-13(17(25)9-14)11-27-18-4-2-1-3-15(18)16-10-19-22(31)26(8-7-21(29)30)23(32)28(19)12-20(16)27/h1-6,9,19H,7-8,10-12H2,(H,29,30). The number of urea groups is 1. The first-order valence-electron chi connectivity index (χ1n) is 10.2. The summed E-state index contributed by atoms with van der Waals surface area (Å²) in [6.07, 6.45) is -0.0210. The SMILES string of the molecule is O=C(O)CCN1C(=O)C2Cc3c(n(Cc4ccc(F)cc4F)c4ccccc34)CN2C1=O. The van der Waals surface area contributed by atoms with Crippen molar-refractivity contribution in [3.63, 3.8) is 0 Å². The summed E-state index contributed by atoms with van der Waals surface area (Å²) in [7, 11) is 0. The third-order valence-corrected chi connectivity index (χ3v) is 6.21. The summed E-state index contributed by atoms with van der Waals surface area (Å²) in [5, 5.41) is 9.84. The predicted octanol–water partition coefficient (Wildman–Crippen LogP) is 3.13. The van der Waals surface area contributed by atoms with Gasteiger partial charge in [0, 0.05) is 41.2 Å². The fourth-order valence-electron chi connectivity index (χ4n) is 4.68. The van der Waals surface area contributed by atoms with Crippen molar-refractivity contribution in [2.75, 3.05) is 6.54 Å². The molecule has 1 N–H and O–H groups in total. The molecule has 5 rings (SSSR count). The smallest absolute Gasteiger partial charge is 0.327 e. The van der Waals surface area contributed by atoms with Crippen LogP contribution in [0.3, 0.4) is 0 Å². The first kappa shape index (κ1) is 20.2. The van der Waals surface area contributed by atoms with Gasteiger partial charge >= 0.3 is 12.0 Å². The molecule has 0 aliphatic carbocycles. The minimum Gasteiger partial charge on any atom is -0.481 e. The van der Waals surface area contributed by atoms with E-state index in [1.807, 2.05) is 28.8 Å². The molecule has 3 aromatic rings. The zero-order valence-electron chi connectivity index (χ0n) is 16.9. The van der Waals surface area contributed by atoms with E-state index in [2.05, 4.69) is 0 Å². The Labute approximate surface area is 181 Å². The minimum atomic E-state index is -1.09. The highest BCUT2D eigenvalue weighted by molar-refractivity contribution is 6.05. The van der Waals surface area contributed by atoms with Crippen LogP contribution in [0.15, 0.2) is 42.5 Å². The quantitative estimate of drug-likeness (QED) is 0.620. The van der Waals surface area contributed by atoms with Gasteiger partial charge in [-0.05, 0) is 17.7 Å². The van der Waals surface area contributed by atoms with Crippen LogP contribution in [0.5, 0.6) is 0 Å². The molecule has 2 aromatic carbocycles. The van der Waals surface area contributed by atoms with E-state index >= 15 is 0 Å². The number of carbonyl (C=O) groups excluding carboxylic acids is 2. The van der Waals surface area contributed by atoms with Gasteiger partial charge in [-0.3, -0.25) is 14.5 Å². The molecule has 0 bridgehead atoms.